The van der Waals surface area contributed by atoms with E-state index in [9.17, 15) is 22.0 Å². The van der Waals surface area contributed by atoms with Crippen molar-refractivity contribution in [1.29, 1.82) is 0 Å². The summed E-state index contributed by atoms with van der Waals surface area (Å²) in [6.07, 6.45) is 3.27. The number of carbonyl (C=O) groups is 1. The minimum atomic E-state index is -3.62. The second-order valence-electron chi connectivity index (χ2n) is 9.09. The molecule has 0 bridgehead atoms. The van der Waals surface area contributed by atoms with Crippen LogP contribution in [0.4, 0.5) is 26.0 Å². The van der Waals surface area contributed by atoms with Gasteiger partial charge in [-0.1, -0.05) is 6.07 Å². The Balaban J connectivity index is 1.51. The van der Waals surface area contributed by atoms with Gasteiger partial charge in [-0.15, -0.1) is 0 Å². The number of aromatic amines is 1. The Morgan fingerprint density at radius 2 is 1.97 bits per heavy atom. The normalized spacial score (nSPS) is 21.6. The lowest BCUT2D eigenvalue weighted by atomic mass is 10.0. The molecule has 1 aliphatic heterocycles. The van der Waals surface area contributed by atoms with Gasteiger partial charge in [0, 0.05) is 25.3 Å². The van der Waals surface area contributed by atoms with Gasteiger partial charge in [-0.2, -0.15) is 0 Å². The van der Waals surface area contributed by atoms with E-state index in [0.717, 1.165) is 31.1 Å². The molecule has 2 fully saturated rings. The van der Waals surface area contributed by atoms with Gasteiger partial charge in [0.25, 0.3) is 5.92 Å². The summed E-state index contributed by atoms with van der Waals surface area (Å²) in [5.41, 5.74) is 2.22. The van der Waals surface area contributed by atoms with Crippen molar-refractivity contribution in [3.63, 3.8) is 0 Å². The fourth-order valence-corrected chi connectivity index (χ4v) is 5.14. The second kappa shape index (κ2) is 8.52. The number of nitrogens with zero attached hydrogens (tertiary/aromatic N) is 2. The van der Waals surface area contributed by atoms with Crippen LogP contribution in [0.3, 0.4) is 0 Å². The number of hydrogen-bond acceptors (Lipinski definition) is 7. The molecule has 2 atom stereocenters. The number of halogens is 2. The van der Waals surface area contributed by atoms with Gasteiger partial charge in [-0.3, -0.25) is 4.79 Å². The molecule has 2 aromatic heterocycles. The predicted molar refractivity (Wildman–Crippen MR) is 126 cm³/mol. The predicted octanol–water partition coefficient (Wildman–Crippen LogP) is 4.25. The third-order valence-electron chi connectivity index (χ3n) is 6.20. The smallest absolute Gasteiger partial charge is 0.260 e. The van der Waals surface area contributed by atoms with Crippen LogP contribution in [0.15, 0.2) is 29.2 Å². The van der Waals surface area contributed by atoms with E-state index in [2.05, 4.69) is 25.6 Å². The number of alkyl halides is 2. The number of fused-ring (bicyclic) bond motifs is 1. The van der Waals surface area contributed by atoms with Gasteiger partial charge in [0.15, 0.2) is 15.5 Å². The summed E-state index contributed by atoms with van der Waals surface area (Å²) >= 11 is 0. The number of aromatic nitrogens is 3. The molecule has 3 heterocycles. The van der Waals surface area contributed by atoms with Crippen LogP contribution in [0, 0.1) is 12.8 Å². The Labute approximate surface area is 200 Å². The van der Waals surface area contributed by atoms with E-state index in [1.54, 1.807) is 19.1 Å². The molecule has 0 radical (unpaired) electrons. The number of rotatable bonds is 6. The first-order valence-electron chi connectivity index (χ1n) is 11.3. The lowest BCUT2D eigenvalue weighted by Gasteiger charge is -2.24. The number of nitrogens with one attached hydrogen (secondary N) is 3. The highest BCUT2D eigenvalue weighted by atomic mass is 32.2. The molecule has 1 amide bonds. The van der Waals surface area contributed by atoms with Crippen molar-refractivity contribution in [2.75, 3.05) is 23.5 Å². The highest BCUT2D eigenvalue weighted by molar-refractivity contribution is 7.90. The molecule has 1 aromatic carbocycles. The zero-order valence-corrected chi connectivity index (χ0v) is 20.0. The minimum Gasteiger partial charge on any atom is -0.374 e. The number of imidazole rings is 1. The fourth-order valence-electron chi connectivity index (χ4n) is 4.28. The number of pyridine rings is 1. The van der Waals surface area contributed by atoms with E-state index in [-0.39, 0.29) is 22.5 Å². The molecule has 5 rings (SSSR count). The maximum Gasteiger partial charge on any atom is 0.260 e. The molecule has 186 valence electrons. The van der Waals surface area contributed by atoms with Crippen LogP contribution < -0.4 is 10.6 Å². The Morgan fingerprint density at radius 3 is 2.63 bits per heavy atom. The lowest BCUT2D eigenvalue weighted by Crippen LogP contribution is -2.18. The summed E-state index contributed by atoms with van der Waals surface area (Å²) in [4.78, 5) is 23.9. The number of H-pyrrole nitrogens is 1. The van der Waals surface area contributed by atoms with Crippen molar-refractivity contribution in [2.45, 2.75) is 49.5 Å². The zero-order valence-electron chi connectivity index (χ0n) is 19.2. The first-order chi connectivity index (χ1) is 16.5. The van der Waals surface area contributed by atoms with Crippen LogP contribution in [-0.4, -0.2) is 48.1 Å². The summed E-state index contributed by atoms with van der Waals surface area (Å²) in [5, 5.41) is 5.53. The highest BCUT2D eigenvalue weighted by Crippen LogP contribution is 2.49. The maximum absolute atomic E-state index is 13.3. The van der Waals surface area contributed by atoms with Gasteiger partial charge in [0.1, 0.15) is 23.1 Å². The van der Waals surface area contributed by atoms with E-state index in [0.29, 0.717) is 29.3 Å². The average Bonchev–Trinajstić information content (AvgIpc) is 3.27. The molecule has 9 nitrogen and oxygen atoms in total. The molecule has 35 heavy (non-hydrogen) atoms. The lowest BCUT2D eigenvalue weighted by molar-refractivity contribution is -0.119. The van der Waals surface area contributed by atoms with E-state index in [1.165, 1.54) is 6.07 Å². The summed E-state index contributed by atoms with van der Waals surface area (Å²) < 4.78 is 57.8. The molecule has 1 saturated carbocycles. The van der Waals surface area contributed by atoms with Crippen molar-refractivity contribution in [1.82, 2.24) is 15.0 Å². The van der Waals surface area contributed by atoms with E-state index in [1.807, 2.05) is 6.07 Å². The van der Waals surface area contributed by atoms with Gasteiger partial charge in [-0.05, 0) is 43.9 Å². The van der Waals surface area contributed by atoms with Gasteiger partial charge in [-0.25, -0.2) is 27.2 Å². The van der Waals surface area contributed by atoms with Gasteiger partial charge >= 0.3 is 0 Å². The van der Waals surface area contributed by atoms with Crippen LogP contribution in [-0.2, 0) is 19.4 Å². The van der Waals surface area contributed by atoms with Crippen LogP contribution in [0.25, 0.3) is 11.2 Å². The molecule has 1 aliphatic carbocycles. The van der Waals surface area contributed by atoms with Crippen molar-refractivity contribution in [3.8, 4) is 0 Å². The number of carbonyl (C=O) groups excluding carboxylic acids is 1. The number of sulfone groups is 1. The molecule has 1 unspecified atom stereocenters. The molecule has 1 saturated heterocycles. The summed E-state index contributed by atoms with van der Waals surface area (Å²) in [7, 11) is -3.62. The molecular weight excluding hydrogens is 480 g/mol. The summed E-state index contributed by atoms with van der Waals surface area (Å²) in [6.45, 7) is 2.35. The number of benzene rings is 1. The number of ether oxygens (including phenoxy) is 1. The van der Waals surface area contributed by atoms with Crippen LogP contribution in [0.2, 0.25) is 0 Å². The molecule has 12 heteroatoms. The van der Waals surface area contributed by atoms with Gasteiger partial charge < -0.3 is 20.4 Å². The van der Waals surface area contributed by atoms with E-state index >= 15 is 0 Å². The van der Waals surface area contributed by atoms with E-state index in [4.69, 9.17) is 4.74 Å². The van der Waals surface area contributed by atoms with Crippen molar-refractivity contribution < 1.29 is 26.7 Å². The minimum absolute atomic E-state index is 0.0346. The largest absolute Gasteiger partial charge is 0.374 e. The van der Waals surface area contributed by atoms with Crippen molar-refractivity contribution in [2.24, 2.45) is 5.92 Å². The van der Waals surface area contributed by atoms with Gasteiger partial charge in [0.05, 0.1) is 22.4 Å². The first kappa shape index (κ1) is 23.6. The first-order valence-corrected chi connectivity index (χ1v) is 13.2. The van der Waals surface area contributed by atoms with Crippen molar-refractivity contribution in [3.05, 3.63) is 35.7 Å². The topological polar surface area (TPSA) is 126 Å². The fraction of sp³-hybridized carbons (Fsp3) is 0.435. The SMILES string of the molecule is Cc1nc2nc(NC(=O)[C@H]3CC3(F)F)cc(Nc3ccc(C4CCCCO4)cc3S(C)(=O)=O)c2[nH]1. The Bertz CT molecular complexity index is 1420. The Kier molecular flexibility index (Phi) is 5.75. The van der Waals surface area contributed by atoms with Crippen molar-refractivity contribution >= 4 is 44.1 Å². The zero-order chi connectivity index (χ0) is 25.0. The number of amides is 1. The average molecular weight is 506 g/mol. The van der Waals surface area contributed by atoms with Crippen LogP contribution in [0.5, 0.6) is 0 Å². The Hall–Kier alpha value is -3.12. The van der Waals surface area contributed by atoms with Gasteiger partial charge in [0.2, 0.25) is 5.91 Å². The number of hydrogen-bond donors (Lipinski definition) is 3. The molecular formula is C23H25F2N5O4S. The third kappa shape index (κ3) is 4.85. The summed E-state index contributed by atoms with van der Waals surface area (Å²) in [6, 6.07) is 6.56. The molecule has 2 aliphatic rings. The number of anilines is 3. The number of aryl methyl sites for hydroxylation is 1. The Morgan fingerprint density at radius 1 is 1.20 bits per heavy atom. The molecule has 0 spiro atoms. The third-order valence-corrected chi connectivity index (χ3v) is 7.34. The highest BCUT2D eigenvalue weighted by Gasteiger charge is 2.61. The molecule has 3 N–H and O–H groups in total. The second-order valence-corrected chi connectivity index (χ2v) is 11.1. The quantitative estimate of drug-likeness (QED) is 0.457. The van der Waals surface area contributed by atoms with E-state index < -0.39 is 34.0 Å². The standard InChI is InChI=1S/C23H25F2N5O4S/c1-12-26-20-16(10-19(29-21(20)27-12)30-22(31)14-11-23(14,24)25)28-15-7-6-13(9-18(15)35(2,32)33)17-5-3-4-8-34-17/h6-7,9-10,14,17H,3-5,8,11H2,1-2H3,(H3,26,27,28,29,30,31)/t14-,17?/m1/s1. The summed E-state index contributed by atoms with van der Waals surface area (Å²) in [5.74, 6) is -4.64. The van der Waals surface area contributed by atoms with Crippen LogP contribution in [0.1, 0.15) is 43.2 Å². The maximum atomic E-state index is 13.3. The van der Waals surface area contributed by atoms with Crippen LogP contribution >= 0.6 is 0 Å². The molecule has 3 aromatic rings. The monoisotopic (exact) mass is 505 g/mol.